The van der Waals surface area contributed by atoms with Crippen LogP contribution in [0.1, 0.15) is 34.1 Å². The van der Waals surface area contributed by atoms with Crippen LogP contribution in [0.2, 0.25) is 0 Å². The highest BCUT2D eigenvalue weighted by Gasteiger charge is 2.12. The summed E-state index contributed by atoms with van der Waals surface area (Å²) in [6.07, 6.45) is 1.47. The molecule has 0 rings (SSSR count). The molecule has 0 aromatic rings. The molecule has 0 aliphatic carbocycles. The van der Waals surface area contributed by atoms with E-state index < -0.39 is 0 Å². The van der Waals surface area contributed by atoms with Crippen molar-refractivity contribution in [3.8, 4) is 0 Å². The summed E-state index contributed by atoms with van der Waals surface area (Å²) < 4.78 is 5.48. The van der Waals surface area contributed by atoms with Gasteiger partial charge in [-0.25, -0.2) is 0 Å². The maximum atomic E-state index is 5.48. The molecule has 0 bridgehead atoms. The van der Waals surface area contributed by atoms with Gasteiger partial charge < -0.3 is 10.1 Å². The van der Waals surface area contributed by atoms with Crippen molar-refractivity contribution in [3.63, 3.8) is 0 Å². The van der Waals surface area contributed by atoms with Crippen LogP contribution in [0.4, 0.5) is 0 Å². The molecule has 1 N–H and O–H groups in total. The van der Waals surface area contributed by atoms with E-state index in [0.29, 0.717) is 12.1 Å². The fraction of sp³-hybridized carbons (Fsp3) is 1.00. The van der Waals surface area contributed by atoms with Crippen molar-refractivity contribution in [1.29, 1.82) is 0 Å². The van der Waals surface area contributed by atoms with Gasteiger partial charge in [0.05, 0.1) is 6.10 Å². The third kappa shape index (κ3) is 4.38. The maximum Gasteiger partial charge on any atom is 0.0699 e. The Morgan fingerprint density at radius 1 is 1.27 bits per heavy atom. The van der Waals surface area contributed by atoms with Gasteiger partial charge in [-0.3, -0.25) is 0 Å². The minimum Gasteiger partial charge on any atom is -0.377 e. The first-order valence-corrected chi connectivity index (χ1v) is 4.61. The molecule has 0 spiro atoms. The molecule has 0 saturated heterocycles. The van der Waals surface area contributed by atoms with E-state index in [1.54, 1.807) is 0 Å². The SMILES string of the molecule is CCNC(CC)C(C)OCC. The molecule has 0 aromatic carbocycles. The first-order valence-electron chi connectivity index (χ1n) is 4.61. The Kier molecular flexibility index (Phi) is 6.57. The monoisotopic (exact) mass is 159 g/mol. The van der Waals surface area contributed by atoms with Gasteiger partial charge in [0.25, 0.3) is 0 Å². The molecule has 2 unspecified atom stereocenters. The molecule has 2 heteroatoms. The van der Waals surface area contributed by atoms with E-state index in [0.717, 1.165) is 19.6 Å². The molecule has 2 nitrogen and oxygen atoms in total. The molecule has 0 aliphatic heterocycles. The van der Waals surface area contributed by atoms with Crippen LogP contribution in [0.25, 0.3) is 0 Å². The molecule has 2 atom stereocenters. The summed E-state index contributed by atoms with van der Waals surface area (Å²) in [6.45, 7) is 10.3. The number of nitrogens with one attached hydrogen (secondary N) is 1. The molecule has 0 amide bonds. The van der Waals surface area contributed by atoms with Gasteiger partial charge in [-0.05, 0) is 26.8 Å². The summed E-state index contributed by atoms with van der Waals surface area (Å²) >= 11 is 0. The lowest BCUT2D eigenvalue weighted by Crippen LogP contribution is -2.39. The van der Waals surface area contributed by atoms with E-state index in [2.05, 4.69) is 26.1 Å². The number of rotatable bonds is 6. The van der Waals surface area contributed by atoms with E-state index in [1.165, 1.54) is 0 Å². The molecule has 11 heavy (non-hydrogen) atoms. The first-order chi connectivity index (χ1) is 5.26. The zero-order chi connectivity index (χ0) is 8.69. The molecule has 0 aliphatic rings. The Balaban J connectivity index is 3.61. The summed E-state index contributed by atoms with van der Waals surface area (Å²) in [4.78, 5) is 0. The summed E-state index contributed by atoms with van der Waals surface area (Å²) in [5, 5.41) is 3.39. The molecule has 0 saturated carbocycles. The van der Waals surface area contributed by atoms with Crippen LogP contribution in [0.15, 0.2) is 0 Å². The van der Waals surface area contributed by atoms with E-state index in [4.69, 9.17) is 4.74 Å². The van der Waals surface area contributed by atoms with Gasteiger partial charge in [0.1, 0.15) is 0 Å². The van der Waals surface area contributed by atoms with Crippen LogP contribution in [-0.4, -0.2) is 25.3 Å². The number of hydrogen-bond acceptors (Lipinski definition) is 2. The quantitative estimate of drug-likeness (QED) is 0.638. The van der Waals surface area contributed by atoms with Crippen molar-refractivity contribution in [2.75, 3.05) is 13.2 Å². The summed E-state index contributed by atoms with van der Waals surface area (Å²) in [5.41, 5.74) is 0. The summed E-state index contributed by atoms with van der Waals surface area (Å²) in [5.74, 6) is 0. The van der Waals surface area contributed by atoms with Gasteiger partial charge in [0.2, 0.25) is 0 Å². The van der Waals surface area contributed by atoms with Crippen molar-refractivity contribution in [1.82, 2.24) is 5.32 Å². The molecule has 0 heterocycles. The zero-order valence-corrected chi connectivity index (χ0v) is 8.18. The molecule has 0 radical (unpaired) electrons. The van der Waals surface area contributed by atoms with Crippen molar-refractivity contribution in [2.45, 2.75) is 46.3 Å². The Labute approximate surface area is 70.3 Å². The highest BCUT2D eigenvalue weighted by molar-refractivity contribution is 4.70. The third-order valence-corrected chi connectivity index (χ3v) is 1.90. The van der Waals surface area contributed by atoms with Crippen molar-refractivity contribution >= 4 is 0 Å². The zero-order valence-electron chi connectivity index (χ0n) is 8.18. The molecular formula is C9H21NO. The average molecular weight is 159 g/mol. The highest BCUT2D eigenvalue weighted by Crippen LogP contribution is 2.02. The van der Waals surface area contributed by atoms with Gasteiger partial charge in [-0.2, -0.15) is 0 Å². The Morgan fingerprint density at radius 2 is 1.91 bits per heavy atom. The molecule has 0 fully saturated rings. The number of likely N-dealkylation sites (N-methyl/N-ethyl adjacent to an activating group) is 1. The van der Waals surface area contributed by atoms with Crippen molar-refractivity contribution in [3.05, 3.63) is 0 Å². The minimum atomic E-state index is 0.338. The van der Waals surface area contributed by atoms with Crippen LogP contribution in [0, 0.1) is 0 Å². The van der Waals surface area contributed by atoms with Crippen LogP contribution in [-0.2, 0) is 4.74 Å². The predicted molar refractivity (Wildman–Crippen MR) is 48.8 cm³/mol. The van der Waals surface area contributed by atoms with E-state index in [1.807, 2.05) is 6.92 Å². The van der Waals surface area contributed by atoms with Crippen molar-refractivity contribution in [2.24, 2.45) is 0 Å². The Hall–Kier alpha value is -0.0800. The lowest BCUT2D eigenvalue weighted by atomic mass is 10.1. The van der Waals surface area contributed by atoms with Crippen LogP contribution >= 0.6 is 0 Å². The van der Waals surface area contributed by atoms with E-state index in [9.17, 15) is 0 Å². The van der Waals surface area contributed by atoms with Gasteiger partial charge >= 0.3 is 0 Å². The summed E-state index contributed by atoms with van der Waals surface area (Å²) in [7, 11) is 0. The van der Waals surface area contributed by atoms with Gasteiger partial charge in [0.15, 0.2) is 0 Å². The van der Waals surface area contributed by atoms with Crippen LogP contribution in [0.3, 0.4) is 0 Å². The van der Waals surface area contributed by atoms with Gasteiger partial charge in [-0.15, -0.1) is 0 Å². The maximum absolute atomic E-state index is 5.48. The lowest BCUT2D eigenvalue weighted by Gasteiger charge is -2.22. The van der Waals surface area contributed by atoms with Gasteiger partial charge in [0, 0.05) is 12.6 Å². The molecular weight excluding hydrogens is 138 g/mol. The topological polar surface area (TPSA) is 21.3 Å². The molecule has 68 valence electrons. The first kappa shape index (κ1) is 10.9. The number of hydrogen-bond donors (Lipinski definition) is 1. The Morgan fingerprint density at radius 3 is 2.27 bits per heavy atom. The van der Waals surface area contributed by atoms with E-state index in [-0.39, 0.29) is 0 Å². The second-order valence-corrected chi connectivity index (χ2v) is 2.73. The third-order valence-electron chi connectivity index (χ3n) is 1.90. The smallest absolute Gasteiger partial charge is 0.0699 e. The second-order valence-electron chi connectivity index (χ2n) is 2.73. The molecule has 0 aromatic heterocycles. The fourth-order valence-corrected chi connectivity index (χ4v) is 1.28. The fourth-order valence-electron chi connectivity index (χ4n) is 1.28. The summed E-state index contributed by atoms with van der Waals surface area (Å²) in [6, 6.07) is 0.514. The second kappa shape index (κ2) is 6.62. The minimum absolute atomic E-state index is 0.338. The van der Waals surface area contributed by atoms with E-state index >= 15 is 0 Å². The van der Waals surface area contributed by atoms with Crippen LogP contribution < -0.4 is 5.32 Å². The van der Waals surface area contributed by atoms with Gasteiger partial charge in [-0.1, -0.05) is 13.8 Å². The standard InChI is InChI=1S/C9H21NO/c1-5-9(10-6-2)8(4)11-7-3/h8-10H,5-7H2,1-4H3. The average Bonchev–Trinajstić information content (AvgIpc) is 2.00. The largest absolute Gasteiger partial charge is 0.377 e. The normalized spacial score (nSPS) is 16.4. The number of ether oxygens (including phenoxy) is 1. The lowest BCUT2D eigenvalue weighted by molar-refractivity contribution is 0.0470. The predicted octanol–water partition coefficient (Wildman–Crippen LogP) is 1.80. The highest BCUT2D eigenvalue weighted by atomic mass is 16.5. The van der Waals surface area contributed by atoms with Crippen LogP contribution in [0.5, 0.6) is 0 Å². The Bertz CT molecular complexity index is 85.6. The van der Waals surface area contributed by atoms with Crippen molar-refractivity contribution < 1.29 is 4.74 Å².